The Hall–Kier alpha value is -3.80. The van der Waals surface area contributed by atoms with Crippen LogP contribution in [-0.2, 0) is 11.3 Å². The van der Waals surface area contributed by atoms with Gasteiger partial charge in [0, 0.05) is 18.3 Å². The Morgan fingerprint density at radius 1 is 1.18 bits per heavy atom. The van der Waals surface area contributed by atoms with Crippen LogP contribution in [0.1, 0.15) is 0 Å². The molecule has 4 rings (SSSR count). The number of carbonyl (C=O) groups is 1. The number of halogens is 3. The van der Waals surface area contributed by atoms with Crippen LogP contribution in [0.5, 0.6) is 5.75 Å². The van der Waals surface area contributed by atoms with Crippen molar-refractivity contribution < 1.29 is 22.7 Å². The van der Waals surface area contributed by atoms with Gasteiger partial charge in [-0.1, -0.05) is 36.0 Å². The van der Waals surface area contributed by atoms with Crippen LogP contribution >= 0.6 is 11.8 Å². The van der Waals surface area contributed by atoms with Crippen LogP contribution in [0.3, 0.4) is 0 Å². The van der Waals surface area contributed by atoms with Gasteiger partial charge < -0.3 is 10.1 Å². The van der Waals surface area contributed by atoms with Gasteiger partial charge in [-0.15, -0.1) is 29.9 Å². The van der Waals surface area contributed by atoms with Gasteiger partial charge in [-0.2, -0.15) is 0 Å². The van der Waals surface area contributed by atoms with E-state index in [0.717, 1.165) is 23.9 Å². The minimum Gasteiger partial charge on any atom is -0.406 e. The highest BCUT2D eigenvalue weighted by atomic mass is 32.2. The first-order chi connectivity index (χ1) is 15.8. The molecular formula is C21H16F3N5O3S. The fourth-order valence-electron chi connectivity index (χ4n) is 3.22. The zero-order valence-electron chi connectivity index (χ0n) is 16.9. The summed E-state index contributed by atoms with van der Waals surface area (Å²) in [4.78, 5) is 25.2. The Kier molecular flexibility index (Phi) is 6.09. The van der Waals surface area contributed by atoms with E-state index in [1.165, 1.54) is 16.7 Å². The van der Waals surface area contributed by atoms with Crippen molar-refractivity contribution in [2.45, 2.75) is 18.1 Å². The maximum absolute atomic E-state index is 12.8. The molecule has 2 aromatic carbocycles. The average Bonchev–Trinajstić information content (AvgIpc) is 3.18. The zero-order valence-corrected chi connectivity index (χ0v) is 17.7. The van der Waals surface area contributed by atoms with E-state index in [1.807, 2.05) is 0 Å². The molecule has 1 amide bonds. The lowest BCUT2D eigenvalue weighted by Gasteiger charge is -2.11. The van der Waals surface area contributed by atoms with E-state index in [1.54, 1.807) is 34.7 Å². The third-order valence-corrected chi connectivity index (χ3v) is 5.40. The van der Waals surface area contributed by atoms with Crippen molar-refractivity contribution in [3.05, 3.63) is 71.5 Å². The number of anilines is 1. The molecule has 0 bridgehead atoms. The van der Waals surface area contributed by atoms with Gasteiger partial charge in [-0.3, -0.25) is 18.6 Å². The Morgan fingerprint density at radius 2 is 1.97 bits per heavy atom. The first-order valence-electron chi connectivity index (χ1n) is 9.53. The lowest BCUT2D eigenvalue weighted by atomic mass is 10.2. The monoisotopic (exact) mass is 475 g/mol. The summed E-state index contributed by atoms with van der Waals surface area (Å²) in [5.74, 6) is -0.703. The number of thioether (sulfide) groups is 1. The molecule has 1 N–H and O–H groups in total. The van der Waals surface area contributed by atoms with Gasteiger partial charge in [-0.05, 0) is 24.3 Å². The van der Waals surface area contributed by atoms with Gasteiger partial charge in [-0.25, -0.2) is 0 Å². The van der Waals surface area contributed by atoms with E-state index in [2.05, 4.69) is 26.8 Å². The highest BCUT2D eigenvalue weighted by Crippen LogP contribution is 2.26. The summed E-state index contributed by atoms with van der Waals surface area (Å²) >= 11 is 1.07. The van der Waals surface area contributed by atoms with Gasteiger partial charge in [0.15, 0.2) is 5.16 Å². The summed E-state index contributed by atoms with van der Waals surface area (Å²) < 4.78 is 44.2. The molecule has 12 heteroatoms. The number of rotatable bonds is 7. The van der Waals surface area contributed by atoms with Crippen molar-refractivity contribution in [1.82, 2.24) is 19.2 Å². The lowest BCUT2D eigenvalue weighted by molar-refractivity contribution is -0.274. The number of amides is 1. The predicted octanol–water partition coefficient (Wildman–Crippen LogP) is 3.86. The van der Waals surface area contributed by atoms with Crippen LogP contribution in [-0.4, -0.2) is 37.2 Å². The maximum atomic E-state index is 12.8. The van der Waals surface area contributed by atoms with Gasteiger partial charge in [0.1, 0.15) is 5.75 Å². The number of nitrogens with one attached hydrogen (secondary N) is 1. The number of alkyl halides is 3. The number of ether oxygens (including phenoxy) is 1. The Morgan fingerprint density at radius 3 is 2.73 bits per heavy atom. The number of hydrogen-bond acceptors (Lipinski definition) is 6. The highest BCUT2D eigenvalue weighted by Gasteiger charge is 2.31. The molecule has 0 unspecified atom stereocenters. The van der Waals surface area contributed by atoms with Crippen LogP contribution in [0.4, 0.5) is 18.9 Å². The van der Waals surface area contributed by atoms with E-state index >= 15 is 0 Å². The molecule has 0 atom stereocenters. The Bertz CT molecular complexity index is 1410. The molecule has 4 aromatic rings. The van der Waals surface area contributed by atoms with Crippen LogP contribution in [0.2, 0.25) is 0 Å². The molecule has 0 spiro atoms. The fourth-order valence-corrected chi connectivity index (χ4v) is 3.96. The second-order valence-electron chi connectivity index (χ2n) is 6.75. The lowest BCUT2D eigenvalue weighted by Crippen LogP contribution is -2.22. The van der Waals surface area contributed by atoms with E-state index in [0.29, 0.717) is 21.8 Å². The van der Waals surface area contributed by atoms with Crippen molar-refractivity contribution in [3.63, 3.8) is 0 Å². The van der Waals surface area contributed by atoms with E-state index < -0.39 is 18.0 Å². The Balaban J connectivity index is 1.57. The van der Waals surface area contributed by atoms with Gasteiger partial charge in [0.25, 0.3) is 5.56 Å². The number of aromatic nitrogens is 4. The molecule has 2 heterocycles. The molecule has 0 fully saturated rings. The molecule has 8 nitrogen and oxygen atoms in total. The number of allylic oxidation sites excluding steroid dienone is 1. The molecule has 2 aromatic heterocycles. The second kappa shape index (κ2) is 8.98. The summed E-state index contributed by atoms with van der Waals surface area (Å²) in [5.41, 5.74) is 0.502. The third-order valence-electron chi connectivity index (χ3n) is 4.47. The zero-order chi connectivity index (χ0) is 23.6. The van der Waals surface area contributed by atoms with Crippen molar-refractivity contribution in [2.75, 3.05) is 11.1 Å². The van der Waals surface area contributed by atoms with Crippen molar-refractivity contribution in [3.8, 4) is 5.75 Å². The molecule has 0 aliphatic carbocycles. The smallest absolute Gasteiger partial charge is 0.406 e. The topological polar surface area (TPSA) is 90.5 Å². The molecule has 170 valence electrons. The van der Waals surface area contributed by atoms with Crippen LogP contribution in [0.25, 0.3) is 16.7 Å². The first kappa shape index (κ1) is 22.4. The first-order valence-corrected chi connectivity index (χ1v) is 10.5. The highest BCUT2D eigenvalue weighted by molar-refractivity contribution is 7.99. The van der Waals surface area contributed by atoms with Gasteiger partial charge in [0.2, 0.25) is 11.7 Å². The molecule has 0 saturated heterocycles. The molecule has 33 heavy (non-hydrogen) atoms. The number of nitrogens with zero attached hydrogens (tertiary/aromatic N) is 4. The number of carbonyl (C=O) groups excluding carboxylic acids is 1. The molecule has 0 aliphatic heterocycles. The van der Waals surface area contributed by atoms with Crippen LogP contribution in [0, 0.1) is 0 Å². The normalized spacial score (nSPS) is 11.6. The van der Waals surface area contributed by atoms with Gasteiger partial charge >= 0.3 is 6.36 Å². The standard InChI is InChI=1S/C21H16F3N5O3S/c1-2-10-28-18(31)15-8-3-4-9-16(15)29-19(28)26-27-20(29)33-12-17(30)25-13-6-5-7-14(11-13)32-21(22,23)24/h2-9,11H,1,10,12H2,(H,25,30). The van der Waals surface area contributed by atoms with Crippen LogP contribution in [0.15, 0.2) is 71.1 Å². The summed E-state index contributed by atoms with van der Waals surface area (Å²) in [6, 6.07) is 11.9. The van der Waals surface area contributed by atoms with Crippen molar-refractivity contribution >= 4 is 40.0 Å². The predicted molar refractivity (Wildman–Crippen MR) is 117 cm³/mol. The van der Waals surface area contributed by atoms with E-state index in [4.69, 9.17) is 0 Å². The Labute approximate surface area is 188 Å². The van der Waals surface area contributed by atoms with Crippen molar-refractivity contribution in [2.24, 2.45) is 0 Å². The maximum Gasteiger partial charge on any atom is 0.573 e. The minimum atomic E-state index is -4.83. The second-order valence-corrected chi connectivity index (χ2v) is 7.69. The third kappa shape index (κ3) is 4.85. The van der Waals surface area contributed by atoms with Crippen LogP contribution < -0.4 is 15.6 Å². The number of para-hydroxylation sites is 1. The van der Waals surface area contributed by atoms with E-state index in [9.17, 15) is 22.8 Å². The summed E-state index contributed by atoms with van der Waals surface area (Å²) in [5, 5.41) is 11.6. The number of hydrogen-bond donors (Lipinski definition) is 1. The number of fused-ring (bicyclic) bond motifs is 3. The summed E-state index contributed by atoms with van der Waals surface area (Å²) in [6.07, 6.45) is -3.26. The largest absolute Gasteiger partial charge is 0.573 e. The SMILES string of the molecule is C=CCn1c(=O)c2ccccc2n2c(SCC(=O)Nc3cccc(OC(F)(F)F)c3)nnc12. The molecule has 0 radical (unpaired) electrons. The molecular weight excluding hydrogens is 459 g/mol. The molecule has 0 saturated carbocycles. The molecule has 0 aliphatic rings. The number of benzene rings is 2. The fraction of sp³-hybridized carbons (Fsp3) is 0.143. The summed E-state index contributed by atoms with van der Waals surface area (Å²) in [7, 11) is 0. The summed E-state index contributed by atoms with van der Waals surface area (Å²) in [6.45, 7) is 3.90. The minimum absolute atomic E-state index is 0.0972. The van der Waals surface area contributed by atoms with Crippen molar-refractivity contribution in [1.29, 1.82) is 0 Å². The average molecular weight is 475 g/mol. The van der Waals surface area contributed by atoms with Gasteiger partial charge in [0.05, 0.1) is 16.7 Å². The quantitative estimate of drug-likeness (QED) is 0.323. The van der Waals surface area contributed by atoms with E-state index in [-0.39, 0.29) is 23.5 Å².